The molecular weight excluding hydrogens is 344 g/mol. The van der Waals surface area contributed by atoms with E-state index in [0.29, 0.717) is 27.6 Å². The Morgan fingerprint density at radius 1 is 1.32 bits per heavy atom. The molecule has 0 fully saturated rings. The molecule has 0 radical (unpaired) electrons. The van der Waals surface area contributed by atoms with Gasteiger partial charge in [-0.25, -0.2) is 4.98 Å². The number of carbonyl (C=O) groups excluding carboxylic acids is 1. The van der Waals surface area contributed by atoms with E-state index in [9.17, 15) is 14.9 Å². The number of nitro groups is 1. The second-order valence-electron chi connectivity index (χ2n) is 5.07. The number of hydrogen-bond acceptors (Lipinski definition) is 6. The van der Waals surface area contributed by atoms with Crippen molar-refractivity contribution in [3.05, 3.63) is 52.6 Å². The van der Waals surface area contributed by atoms with Crippen molar-refractivity contribution >= 4 is 40.1 Å². The molecule has 0 saturated heterocycles. The van der Waals surface area contributed by atoms with E-state index in [-0.39, 0.29) is 17.3 Å². The number of fused-ring (bicyclic) bond motifs is 1. The van der Waals surface area contributed by atoms with Crippen LogP contribution in [-0.4, -0.2) is 33.7 Å². The Bertz CT molecular complexity index is 924. The largest absolute Gasteiger partial charge is 0.497 e. The average Bonchev–Trinajstić information content (AvgIpc) is 3.02. The van der Waals surface area contributed by atoms with Crippen LogP contribution in [0.2, 0.25) is 0 Å². The zero-order valence-electron chi connectivity index (χ0n) is 13.2. The van der Waals surface area contributed by atoms with Gasteiger partial charge < -0.3 is 15.0 Å². The minimum absolute atomic E-state index is 0.00931. The fourth-order valence-electron chi connectivity index (χ4n) is 2.16. The SMILES string of the molecule is COc1ccc(NC(=O)CSc2nc3ccc([N+](=O)[O-])cc3[nH]2)cc1. The zero-order chi connectivity index (χ0) is 17.8. The number of imidazole rings is 1. The highest BCUT2D eigenvalue weighted by molar-refractivity contribution is 7.99. The Labute approximate surface area is 146 Å². The summed E-state index contributed by atoms with van der Waals surface area (Å²) in [5, 5.41) is 14.1. The number of ether oxygens (including phenoxy) is 1. The van der Waals surface area contributed by atoms with Gasteiger partial charge in [-0.15, -0.1) is 0 Å². The number of H-pyrrole nitrogens is 1. The molecule has 1 aromatic heterocycles. The number of methoxy groups -OCH3 is 1. The first-order valence-electron chi connectivity index (χ1n) is 7.26. The number of anilines is 1. The van der Waals surface area contributed by atoms with Crippen molar-refractivity contribution in [2.24, 2.45) is 0 Å². The molecule has 128 valence electrons. The zero-order valence-corrected chi connectivity index (χ0v) is 14.0. The second kappa shape index (κ2) is 7.22. The quantitative estimate of drug-likeness (QED) is 0.398. The lowest BCUT2D eigenvalue weighted by molar-refractivity contribution is -0.384. The van der Waals surface area contributed by atoms with Gasteiger partial charge in [0.15, 0.2) is 5.16 Å². The number of nitrogens with zero attached hydrogens (tertiary/aromatic N) is 2. The van der Waals surface area contributed by atoms with Crippen LogP contribution in [0.25, 0.3) is 11.0 Å². The van der Waals surface area contributed by atoms with Crippen molar-refractivity contribution < 1.29 is 14.5 Å². The van der Waals surface area contributed by atoms with Gasteiger partial charge in [-0.3, -0.25) is 14.9 Å². The fourth-order valence-corrected chi connectivity index (χ4v) is 2.85. The van der Waals surface area contributed by atoms with Crippen LogP contribution in [0.4, 0.5) is 11.4 Å². The monoisotopic (exact) mass is 358 g/mol. The third-order valence-electron chi connectivity index (χ3n) is 3.37. The first-order chi connectivity index (χ1) is 12.0. The normalized spacial score (nSPS) is 10.6. The smallest absolute Gasteiger partial charge is 0.271 e. The molecule has 1 heterocycles. The highest BCUT2D eigenvalue weighted by atomic mass is 32.2. The Hall–Kier alpha value is -3.07. The molecule has 0 aliphatic heterocycles. The van der Waals surface area contributed by atoms with E-state index in [1.54, 1.807) is 37.4 Å². The summed E-state index contributed by atoms with van der Waals surface area (Å²) in [6, 6.07) is 11.4. The summed E-state index contributed by atoms with van der Waals surface area (Å²) in [6.07, 6.45) is 0. The fraction of sp³-hybridized carbons (Fsp3) is 0.125. The van der Waals surface area contributed by atoms with Gasteiger partial charge in [0.25, 0.3) is 5.69 Å². The minimum atomic E-state index is -0.463. The Balaban J connectivity index is 1.61. The number of benzene rings is 2. The van der Waals surface area contributed by atoms with Crippen molar-refractivity contribution in [2.75, 3.05) is 18.2 Å². The molecule has 9 heteroatoms. The van der Waals surface area contributed by atoms with E-state index in [4.69, 9.17) is 4.74 Å². The lowest BCUT2D eigenvalue weighted by atomic mass is 10.3. The molecule has 1 amide bonds. The summed E-state index contributed by atoms with van der Waals surface area (Å²) in [6.45, 7) is 0. The van der Waals surface area contributed by atoms with Crippen LogP contribution in [0.3, 0.4) is 0 Å². The van der Waals surface area contributed by atoms with E-state index < -0.39 is 4.92 Å². The third-order valence-corrected chi connectivity index (χ3v) is 4.24. The van der Waals surface area contributed by atoms with Crippen molar-refractivity contribution in [2.45, 2.75) is 5.16 Å². The number of non-ortho nitro benzene ring substituents is 1. The molecule has 25 heavy (non-hydrogen) atoms. The van der Waals surface area contributed by atoms with E-state index >= 15 is 0 Å². The van der Waals surface area contributed by atoms with Crippen molar-refractivity contribution in [3.8, 4) is 5.75 Å². The number of aromatic nitrogens is 2. The molecule has 2 aromatic carbocycles. The summed E-state index contributed by atoms with van der Waals surface area (Å²) in [7, 11) is 1.58. The van der Waals surface area contributed by atoms with Crippen LogP contribution < -0.4 is 10.1 Å². The molecule has 0 atom stereocenters. The molecular formula is C16H14N4O4S. The Morgan fingerprint density at radius 2 is 2.08 bits per heavy atom. The van der Waals surface area contributed by atoms with E-state index in [1.165, 1.54) is 23.9 Å². The van der Waals surface area contributed by atoms with Crippen LogP contribution in [-0.2, 0) is 4.79 Å². The molecule has 3 rings (SSSR count). The predicted molar refractivity (Wildman–Crippen MR) is 95.1 cm³/mol. The Morgan fingerprint density at radius 3 is 2.76 bits per heavy atom. The second-order valence-corrected chi connectivity index (χ2v) is 6.03. The number of hydrogen-bond donors (Lipinski definition) is 2. The van der Waals surface area contributed by atoms with Crippen molar-refractivity contribution in [1.29, 1.82) is 0 Å². The number of amides is 1. The number of aromatic amines is 1. The van der Waals surface area contributed by atoms with Crippen LogP contribution in [0.1, 0.15) is 0 Å². The highest BCUT2D eigenvalue weighted by Gasteiger charge is 2.11. The highest BCUT2D eigenvalue weighted by Crippen LogP contribution is 2.23. The van der Waals surface area contributed by atoms with Gasteiger partial charge >= 0.3 is 0 Å². The number of thioether (sulfide) groups is 1. The maximum Gasteiger partial charge on any atom is 0.271 e. The summed E-state index contributed by atoms with van der Waals surface area (Å²) in [5.74, 6) is 0.693. The molecule has 2 N–H and O–H groups in total. The van der Waals surface area contributed by atoms with Gasteiger partial charge in [-0.1, -0.05) is 11.8 Å². The van der Waals surface area contributed by atoms with Crippen LogP contribution in [0, 0.1) is 10.1 Å². The summed E-state index contributed by atoms with van der Waals surface area (Å²) < 4.78 is 5.06. The maximum absolute atomic E-state index is 12.0. The van der Waals surface area contributed by atoms with Gasteiger partial charge in [0.05, 0.1) is 28.8 Å². The molecule has 0 bridgehead atoms. The topological polar surface area (TPSA) is 110 Å². The molecule has 0 spiro atoms. The lowest BCUT2D eigenvalue weighted by Crippen LogP contribution is -2.13. The molecule has 3 aromatic rings. The third kappa shape index (κ3) is 4.07. The van der Waals surface area contributed by atoms with E-state index in [2.05, 4.69) is 15.3 Å². The number of carbonyl (C=O) groups is 1. The van der Waals surface area contributed by atoms with Crippen molar-refractivity contribution in [1.82, 2.24) is 9.97 Å². The lowest BCUT2D eigenvalue weighted by Gasteiger charge is -2.05. The van der Waals surface area contributed by atoms with Crippen LogP contribution in [0.5, 0.6) is 5.75 Å². The Kier molecular flexibility index (Phi) is 4.85. The van der Waals surface area contributed by atoms with E-state index in [0.717, 1.165) is 0 Å². The van der Waals surface area contributed by atoms with Gasteiger partial charge in [0.2, 0.25) is 5.91 Å². The first kappa shape index (κ1) is 16.8. The van der Waals surface area contributed by atoms with Crippen molar-refractivity contribution in [3.63, 3.8) is 0 Å². The number of nitro benzene ring substituents is 1. The molecule has 0 aliphatic carbocycles. The van der Waals surface area contributed by atoms with E-state index in [1.807, 2.05) is 0 Å². The molecule has 0 aliphatic rings. The van der Waals surface area contributed by atoms with Gasteiger partial charge in [0.1, 0.15) is 5.75 Å². The van der Waals surface area contributed by atoms with Gasteiger partial charge in [-0.2, -0.15) is 0 Å². The molecule has 0 unspecified atom stereocenters. The van der Waals surface area contributed by atoms with Crippen LogP contribution >= 0.6 is 11.8 Å². The predicted octanol–water partition coefficient (Wildman–Crippen LogP) is 3.21. The standard InChI is InChI=1S/C16H14N4O4S/c1-24-12-5-2-10(3-6-12)17-15(21)9-25-16-18-13-7-4-11(20(22)23)8-14(13)19-16/h2-8H,9H2,1H3,(H,17,21)(H,18,19). The summed E-state index contributed by atoms with van der Waals surface area (Å²) >= 11 is 1.22. The number of rotatable bonds is 6. The first-order valence-corrected chi connectivity index (χ1v) is 8.24. The minimum Gasteiger partial charge on any atom is -0.497 e. The maximum atomic E-state index is 12.0. The van der Waals surface area contributed by atoms with Crippen LogP contribution in [0.15, 0.2) is 47.6 Å². The average molecular weight is 358 g/mol. The summed E-state index contributed by atoms with van der Waals surface area (Å²) in [4.78, 5) is 29.6. The van der Waals surface area contributed by atoms with Gasteiger partial charge in [-0.05, 0) is 30.3 Å². The summed E-state index contributed by atoms with van der Waals surface area (Å²) in [5.41, 5.74) is 1.84. The van der Waals surface area contributed by atoms with Gasteiger partial charge in [0, 0.05) is 17.8 Å². The molecule has 8 nitrogen and oxygen atoms in total. The number of nitrogens with one attached hydrogen (secondary N) is 2. The molecule has 0 saturated carbocycles.